The second-order valence-electron chi connectivity index (χ2n) is 5.54. The van der Waals surface area contributed by atoms with Crippen molar-refractivity contribution in [2.24, 2.45) is 16.8 Å². The highest BCUT2D eigenvalue weighted by atomic mass is 19.1. The lowest BCUT2D eigenvalue weighted by molar-refractivity contribution is 0.105. The van der Waals surface area contributed by atoms with Crippen LogP contribution in [0.5, 0.6) is 0 Å². The summed E-state index contributed by atoms with van der Waals surface area (Å²) in [6.07, 6.45) is 1.12. The molecule has 1 heterocycles. The Hall–Kier alpha value is -0.640. The van der Waals surface area contributed by atoms with Gasteiger partial charge in [0.15, 0.2) is 5.90 Å². The summed E-state index contributed by atoms with van der Waals surface area (Å²) in [6.45, 7) is 4.63. The van der Waals surface area contributed by atoms with E-state index in [4.69, 9.17) is 9.84 Å². The van der Waals surface area contributed by atoms with Crippen molar-refractivity contribution in [2.75, 3.05) is 13.2 Å². The summed E-state index contributed by atoms with van der Waals surface area (Å²) >= 11 is 0. The molecule has 3 unspecified atom stereocenters. The first-order valence-corrected chi connectivity index (χ1v) is 5.99. The van der Waals surface area contributed by atoms with Gasteiger partial charge in [0, 0.05) is 6.61 Å². The van der Waals surface area contributed by atoms with Gasteiger partial charge in [-0.05, 0) is 39.0 Å². The van der Waals surface area contributed by atoms with E-state index in [-0.39, 0.29) is 24.0 Å². The van der Waals surface area contributed by atoms with Gasteiger partial charge in [-0.2, -0.15) is 0 Å². The maximum absolute atomic E-state index is 13.9. The van der Waals surface area contributed by atoms with Gasteiger partial charge in [0.2, 0.25) is 0 Å². The zero-order valence-electron chi connectivity index (χ0n) is 9.95. The molecule has 0 spiro atoms. The van der Waals surface area contributed by atoms with Crippen LogP contribution in [0.4, 0.5) is 4.39 Å². The molecule has 1 N–H and O–H groups in total. The third-order valence-electron chi connectivity index (χ3n) is 3.44. The maximum Gasteiger partial charge on any atom is 0.190 e. The largest absolute Gasteiger partial charge is 0.478 e. The van der Waals surface area contributed by atoms with E-state index in [2.05, 4.69) is 4.99 Å². The topological polar surface area (TPSA) is 41.8 Å². The first-order chi connectivity index (χ1) is 7.52. The van der Waals surface area contributed by atoms with Crippen molar-refractivity contribution in [3.05, 3.63) is 0 Å². The standard InChI is InChI=1S/C12H20FNO2/c1-12(2)7-16-11(14-12)9-4-3-8(6-15)5-10(9)13/h8-10,15H,3-7H2,1-2H3. The van der Waals surface area contributed by atoms with Crippen molar-refractivity contribution < 1.29 is 14.2 Å². The van der Waals surface area contributed by atoms with Gasteiger partial charge in [-0.25, -0.2) is 9.38 Å². The molecule has 0 saturated heterocycles. The number of aliphatic hydroxyl groups is 1. The zero-order valence-corrected chi connectivity index (χ0v) is 9.95. The Morgan fingerprint density at radius 2 is 2.25 bits per heavy atom. The third kappa shape index (κ3) is 2.37. The number of nitrogens with zero attached hydrogens (tertiary/aromatic N) is 1. The Morgan fingerprint density at radius 3 is 2.75 bits per heavy atom. The monoisotopic (exact) mass is 229 g/mol. The van der Waals surface area contributed by atoms with Crippen LogP contribution in [0.25, 0.3) is 0 Å². The molecule has 1 aliphatic carbocycles. The fourth-order valence-electron chi connectivity index (χ4n) is 2.44. The molecule has 2 aliphatic rings. The van der Waals surface area contributed by atoms with Crippen LogP contribution in [-0.4, -0.2) is 35.9 Å². The van der Waals surface area contributed by atoms with Crippen LogP contribution in [0.3, 0.4) is 0 Å². The SMILES string of the molecule is CC1(C)COC(C2CCC(CO)CC2F)=N1. The van der Waals surface area contributed by atoms with Crippen LogP contribution < -0.4 is 0 Å². The van der Waals surface area contributed by atoms with Gasteiger partial charge in [-0.3, -0.25) is 0 Å². The second kappa shape index (κ2) is 4.32. The van der Waals surface area contributed by atoms with Gasteiger partial charge >= 0.3 is 0 Å². The van der Waals surface area contributed by atoms with Crippen LogP contribution in [0.15, 0.2) is 4.99 Å². The second-order valence-corrected chi connectivity index (χ2v) is 5.54. The summed E-state index contributed by atoms with van der Waals surface area (Å²) in [7, 11) is 0. The minimum Gasteiger partial charge on any atom is -0.478 e. The lowest BCUT2D eigenvalue weighted by Crippen LogP contribution is -2.33. The molecule has 1 aliphatic heterocycles. The van der Waals surface area contributed by atoms with Crippen LogP contribution >= 0.6 is 0 Å². The molecule has 3 atom stereocenters. The van der Waals surface area contributed by atoms with E-state index >= 15 is 0 Å². The van der Waals surface area contributed by atoms with E-state index in [1.165, 1.54) is 0 Å². The molecule has 1 fully saturated rings. The summed E-state index contributed by atoms with van der Waals surface area (Å²) in [6, 6.07) is 0. The molecular weight excluding hydrogens is 209 g/mol. The fourth-order valence-corrected chi connectivity index (χ4v) is 2.44. The number of hydrogen-bond acceptors (Lipinski definition) is 3. The number of halogens is 1. The molecule has 0 aromatic carbocycles. The van der Waals surface area contributed by atoms with Gasteiger partial charge in [-0.1, -0.05) is 0 Å². The van der Waals surface area contributed by atoms with E-state index in [0.29, 0.717) is 18.9 Å². The highest BCUT2D eigenvalue weighted by Crippen LogP contribution is 2.34. The summed E-state index contributed by atoms with van der Waals surface area (Å²) in [5, 5.41) is 9.02. The lowest BCUT2D eigenvalue weighted by Gasteiger charge is -2.30. The Kier molecular flexibility index (Phi) is 3.19. The fraction of sp³-hybridized carbons (Fsp3) is 0.917. The smallest absolute Gasteiger partial charge is 0.190 e. The number of aliphatic hydroxyl groups excluding tert-OH is 1. The molecule has 92 valence electrons. The van der Waals surface area contributed by atoms with E-state index in [0.717, 1.165) is 12.8 Å². The van der Waals surface area contributed by atoms with Gasteiger partial charge in [0.25, 0.3) is 0 Å². The summed E-state index contributed by atoms with van der Waals surface area (Å²) in [5.41, 5.74) is -0.205. The Morgan fingerprint density at radius 1 is 1.50 bits per heavy atom. The summed E-state index contributed by atoms with van der Waals surface area (Å²) in [4.78, 5) is 4.44. The zero-order chi connectivity index (χ0) is 11.8. The minimum atomic E-state index is -0.918. The molecular formula is C12H20FNO2. The lowest BCUT2D eigenvalue weighted by atomic mass is 9.81. The van der Waals surface area contributed by atoms with Crippen molar-refractivity contribution in [3.63, 3.8) is 0 Å². The predicted octanol–water partition coefficient (Wildman–Crippen LogP) is 1.94. The molecule has 0 bridgehead atoms. The van der Waals surface area contributed by atoms with Gasteiger partial charge in [0.1, 0.15) is 12.8 Å². The Labute approximate surface area is 95.7 Å². The first-order valence-electron chi connectivity index (χ1n) is 5.99. The molecule has 0 aromatic rings. The molecule has 0 amide bonds. The van der Waals surface area contributed by atoms with Crippen molar-refractivity contribution in [1.82, 2.24) is 0 Å². The van der Waals surface area contributed by atoms with E-state index < -0.39 is 6.17 Å². The quantitative estimate of drug-likeness (QED) is 0.786. The third-order valence-corrected chi connectivity index (χ3v) is 3.44. The van der Waals surface area contributed by atoms with Crippen molar-refractivity contribution in [3.8, 4) is 0 Å². The predicted molar refractivity (Wildman–Crippen MR) is 60.3 cm³/mol. The van der Waals surface area contributed by atoms with Gasteiger partial charge < -0.3 is 9.84 Å². The van der Waals surface area contributed by atoms with Crippen LogP contribution in [-0.2, 0) is 4.74 Å². The number of aliphatic imine (C=N–C) groups is 1. The average molecular weight is 229 g/mol. The highest BCUT2D eigenvalue weighted by molar-refractivity contribution is 5.81. The van der Waals surface area contributed by atoms with Crippen molar-refractivity contribution in [1.29, 1.82) is 0 Å². The Balaban J connectivity index is 2.01. The summed E-state index contributed by atoms with van der Waals surface area (Å²) < 4.78 is 19.4. The van der Waals surface area contributed by atoms with E-state index in [9.17, 15) is 4.39 Å². The highest BCUT2D eigenvalue weighted by Gasteiger charge is 2.38. The number of alkyl halides is 1. The molecule has 2 rings (SSSR count). The average Bonchev–Trinajstić information content (AvgIpc) is 2.58. The van der Waals surface area contributed by atoms with Crippen LogP contribution in [0.2, 0.25) is 0 Å². The van der Waals surface area contributed by atoms with Crippen LogP contribution in [0, 0.1) is 11.8 Å². The normalized spacial score (nSPS) is 38.0. The molecule has 0 radical (unpaired) electrons. The number of ether oxygens (including phenoxy) is 1. The number of rotatable bonds is 2. The van der Waals surface area contributed by atoms with Crippen molar-refractivity contribution in [2.45, 2.75) is 44.8 Å². The van der Waals surface area contributed by atoms with Crippen LogP contribution in [0.1, 0.15) is 33.1 Å². The molecule has 4 heteroatoms. The Bertz CT molecular complexity index is 291. The molecule has 3 nitrogen and oxygen atoms in total. The van der Waals surface area contributed by atoms with E-state index in [1.54, 1.807) is 0 Å². The molecule has 1 saturated carbocycles. The van der Waals surface area contributed by atoms with Crippen molar-refractivity contribution >= 4 is 5.90 Å². The van der Waals surface area contributed by atoms with Gasteiger partial charge in [0.05, 0.1) is 11.5 Å². The first kappa shape index (κ1) is 11.8. The number of hydrogen-bond donors (Lipinski definition) is 1. The van der Waals surface area contributed by atoms with Gasteiger partial charge in [-0.15, -0.1) is 0 Å². The van der Waals surface area contributed by atoms with E-state index in [1.807, 2.05) is 13.8 Å². The maximum atomic E-state index is 13.9. The minimum absolute atomic E-state index is 0.0893. The molecule has 16 heavy (non-hydrogen) atoms. The summed E-state index contributed by atoms with van der Waals surface area (Å²) in [5.74, 6) is 0.514. The molecule has 0 aromatic heterocycles.